The maximum Gasteiger partial charge on any atom is 0.123 e. The van der Waals surface area contributed by atoms with Crippen molar-refractivity contribution in [2.75, 3.05) is 19.8 Å². The molecular weight excluding hydrogens is 219 g/mol. The van der Waals surface area contributed by atoms with Gasteiger partial charge in [0.25, 0.3) is 0 Å². The molecule has 0 fully saturated rings. The Balaban J connectivity index is 2.13. The average Bonchev–Trinajstić information content (AvgIpc) is 2.31. The minimum Gasteiger partial charge on any atom is -0.316 e. The molecule has 2 N–H and O–H groups in total. The Labute approximate surface area is 101 Å². The molecule has 0 bridgehead atoms. The topological polar surface area (TPSA) is 35.5 Å². The van der Waals surface area contributed by atoms with E-state index in [2.05, 4.69) is 16.5 Å². The molecule has 1 heterocycles. The van der Waals surface area contributed by atoms with Gasteiger partial charge in [0, 0.05) is 13.1 Å². The van der Waals surface area contributed by atoms with Gasteiger partial charge in [-0.3, -0.25) is 4.90 Å². The Kier molecular flexibility index (Phi) is 3.89. The highest BCUT2D eigenvalue weighted by atomic mass is 19.1. The molecule has 2 rings (SSSR count). The second kappa shape index (κ2) is 5.40. The monoisotopic (exact) mass is 236 g/mol. The van der Waals surface area contributed by atoms with Gasteiger partial charge in [-0.2, -0.15) is 5.48 Å². The van der Waals surface area contributed by atoms with E-state index in [-0.39, 0.29) is 5.82 Å². The number of benzene rings is 1. The summed E-state index contributed by atoms with van der Waals surface area (Å²) in [5, 5.41) is 8.62. The van der Waals surface area contributed by atoms with Gasteiger partial charge in [0.05, 0.1) is 6.67 Å². The minimum atomic E-state index is -0.186. The first-order chi connectivity index (χ1) is 8.20. The van der Waals surface area contributed by atoms with Crippen LogP contribution in [0.5, 0.6) is 0 Å². The Morgan fingerprint density at radius 2 is 2.29 bits per heavy atom. The van der Waals surface area contributed by atoms with Gasteiger partial charge < -0.3 is 5.21 Å². The molecule has 1 aliphatic rings. The Morgan fingerprint density at radius 3 is 2.88 bits per heavy atom. The van der Waals surface area contributed by atoms with E-state index in [0.717, 1.165) is 30.6 Å². The number of nitrogens with zero attached hydrogens (tertiary/aromatic N) is 1. The lowest BCUT2D eigenvalue weighted by molar-refractivity contribution is 0.103. The molecule has 0 aliphatic carbocycles. The first-order valence-electron chi connectivity index (χ1n) is 5.75. The molecule has 0 amide bonds. The predicted molar refractivity (Wildman–Crippen MR) is 65.1 cm³/mol. The third-order valence-electron chi connectivity index (χ3n) is 3.12. The number of rotatable bonds is 3. The fourth-order valence-corrected chi connectivity index (χ4v) is 2.19. The van der Waals surface area contributed by atoms with Gasteiger partial charge in [-0.25, -0.2) is 4.39 Å². The van der Waals surface area contributed by atoms with Gasteiger partial charge in [-0.15, -0.1) is 0 Å². The molecule has 1 aromatic rings. The summed E-state index contributed by atoms with van der Waals surface area (Å²) < 4.78 is 13.0. The lowest BCUT2D eigenvalue weighted by atomic mass is 9.95. The quantitative estimate of drug-likeness (QED) is 0.789. The van der Waals surface area contributed by atoms with E-state index < -0.39 is 0 Å². The van der Waals surface area contributed by atoms with E-state index in [1.807, 2.05) is 13.0 Å². The smallest absolute Gasteiger partial charge is 0.123 e. The molecule has 92 valence electrons. The van der Waals surface area contributed by atoms with Crippen molar-refractivity contribution in [3.63, 3.8) is 0 Å². The molecule has 1 aromatic carbocycles. The first-order valence-corrected chi connectivity index (χ1v) is 5.75. The summed E-state index contributed by atoms with van der Waals surface area (Å²) in [6, 6.07) is 4.92. The summed E-state index contributed by atoms with van der Waals surface area (Å²) in [5.41, 5.74) is 5.52. The van der Waals surface area contributed by atoms with Crippen molar-refractivity contribution in [2.24, 2.45) is 0 Å². The third-order valence-corrected chi connectivity index (χ3v) is 3.12. The van der Waals surface area contributed by atoms with Crippen LogP contribution < -0.4 is 5.48 Å². The van der Waals surface area contributed by atoms with Crippen LogP contribution in [-0.4, -0.2) is 29.9 Å². The number of aryl methyl sites for hydroxylation is 1. The van der Waals surface area contributed by atoms with Crippen LogP contribution in [-0.2, 0) is 0 Å². The highest BCUT2D eigenvalue weighted by Crippen LogP contribution is 2.25. The van der Waals surface area contributed by atoms with Crippen LogP contribution in [0.4, 0.5) is 4.39 Å². The minimum absolute atomic E-state index is 0.186. The zero-order valence-electron chi connectivity index (χ0n) is 9.91. The van der Waals surface area contributed by atoms with Crippen LogP contribution in [0.2, 0.25) is 0 Å². The maximum absolute atomic E-state index is 13.0. The van der Waals surface area contributed by atoms with Crippen LogP contribution >= 0.6 is 0 Å². The lowest BCUT2D eigenvalue weighted by Gasteiger charge is -2.26. The van der Waals surface area contributed by atoms with Crippen molar-refractivity contribution in [1.29, 1.82) is 0 Å². The number of nitrogens with one attached hydrogen (secondary N) is 1. The average molecular weight is 236 g/mol. The van der Waals surface area contributed by atoms with E-state index in [0.29, 0.717) is 6.67 Å². The van der Waals surface area contributed by atoms with Gasteiger partial charge in [0.2, 0.25) is 0 Å². The Morgan fingerprint density at radius 1 is 1.47 bits per heavy atom. The second-order valence-corrected chi connectivity index (χ2v) is 4.33. The molecule has 4 heteroatoms. The second-order valence-electron chi connectivity index (χ2n) is 4.33. The maximum atomic E-state index is 13.0. The fourth-order valence-electron chi connectivity index (χ4n) is 2.19. The molecule has 0 radical (unpaired) electrons. The highest BCUT2D eigenvalue weighted by Gasteiger charge is 2.13. The summed E-state index contributed by atoms with van der Waals surface area (Å²) in [4.78, 5) is 2.10. The summed E-state index contributed by atoms with van der Waals surface area (Å²) >= 11 is 0. The van der Waals surface area contributed by atoms with E-state index in [1.54, 1.807) is 6.07 Å². The van der Waals surface area contributed by atoms with Crippen molar-refractivity contribution in [3.05, 3.63) is 41.2 Å². The number of hydroxylamine groups is 1. The number of hydrogen-bond acceptors (Lipinski definition) is 3. The molecule has 17 heavy (non-hydrogen) atoms. The van der Waals surface area contributed by atoms with E-state index in [4.69, 9.17) is 5.21 Å². The van der Waals surface area contributed by atoms with Gasteiger partial charge in [-0.1, -0.05) is 12.1 Å². The zero-order valence-corrected chi connectivity index (χ0v) is 9.91. The summed E-state index contributed by atoms with van der Waals surface area (Å²) in [6.07, 6.45) is 3.06. The fraction of sp³-hybridized carbons (Fsp3) is 0.385. The van der Waals surface area contributed by atoms with Crippen LogP contribution in [0.15, 0.2) is 24.3 Å². The molecule has 1 aliphatic heterocycles. The van der Waals surface area contributed by atoms with Crippen molar-refractivity contribution >= 4 is 5.57 Å². The van der Waals surface area contributed by atoms with Gasteiger partial charge in [0.15, 0.2) is 0 Å². The molecule has 0 unspecified atom stereocenters. The Bertz CT molecular complexity index is 431. The molecule has 0 saturated carbocycles. The molecule has 0 spiro atoms. The van der Waals surface area contributed by atoms with Crippen LogP contribution in [0.1, 0.15) is 17.5 Å². The first kappa shape index (κ1) is 12.2. The lowest BCUT2D eigenvalue weighted by Crippen LogP contribution is -2.35. The van der Waals surface area contributed by atoms with E-state index in [1.165, 1.54) is 11.6 Å². The number of halogens is 1. The molecule has 0 aromatic heterocycles. The van der Waals surface area contributed by atoms with Gasteiger partial charge >= 0.3 is 0 Å². The molecule has 0 atom stereocenters. The third kappa shape index (κ3) is 2.91. The van der Waals surface area contributed by atoms with Crippen LogP contribution in [0, 0.1) is 12.7 Å². The van der Waals surface area contributed by atoms with Crippen LogP contribution in [0.3, 0.4) is 0 Å². The summed E-state index contributed by atoms with van der Waals surface area (Å²) in [6.45, 7) is 4.11. The summed E-state index contributed by atoms with van der Waals surface area (Å²) in [5.74, 6) is -0.186. The van der Waals surface area contributed by atoms with Crippen molar-refractivity contribution in [1.82, 2.24) is 10.4 Å². The molecular formula is C13H17FN2O. The zero-order chi connectivity index (χ0) is 12.3. The largest absolute Gasteiger partial charge is 0.316 e. The highest BCUT2D eigenvalue weighted by molar-refractivity contribution is 5.69. The molecule has 0 saturated heterocycles. The van der Waals surface area contributed by atoms with E-state index >= 15 is 0 Å². The van der Waals surface area contributed by atoms with Crippen molar-refractivity contribution < 1.29 is 9.60 Å². The predicted octanol–water partition coefficient (Wildman–Crippen LogP) is 2.16. The van der Waals surface area contributed by atoms with Crippen molar-refractivity contribution in [2.45, 2.75) is 13.3 Å². The number of hydrogen-bond donors (Lipinski definition) is 2. The van der Waals surface area contributed by atoms with Gasteiger partial charge in [-0.05, 0) is 42.2 Å². The standard InChI is InChI=1S/C13H17FN2O/c1-10-8-12(14)2-3-13(10)11-4-6-16(7-5-11)9-15-17/h2-4,8,15,17H,5-7,9H2,1H3. The van der Waals surface area contributed by atoms with Crippen LogP contribution in [0.25, 0.3) is 5.57 Å². The normalized spacial score (nSPS) is 17.0. The summed E-state index contributed by atoms with van der Waals surface area (Å²) in [7, 11) is 0. The SMILES string of the molecule is Cc1cc(F)ccc1C1=CCN(CNO)CC1. The van der Waals surface area contributed by atoms with E-state index in [9.17, 15) is 4.39 Å². The molecule has 3 nitrogen and oxygen atoms in total. The van der Waals surface area contributed by atoms with Crippen molar-refractivity contribution in [3.8, 4) is 0 Å². The Hall–Kier alpha value is -1.23. The van der Waals surface area contributed by atoms with Gasteiger partial charge in [0.1, 0.15) is 5.82 Å².